The van der Waals surface area contributed by atoms with Crippen LogP contribution in [0.25, 0.3) is 22.2 Å². The number of amides is 1. The first-order valence-corrected chi connectivity index (χ1v) is 12.2. The molecule has 0 spiro atoms. The van der Waals surface area contributed by atoms with Crippen LogP contribution in [0.4, 0.5) is 5.82 Å². The largest absolute Gasteiger partial charge is 0.383 e. The first-order chi connectivity index (χ1) is 18.1. The van der Waals surface area contributed by atoms with Crippen molar-refractivity contribution in [3.63, 3.8) is 0 Å². The van der Waals surface area contributed by atoms with Crippen LogP contribution in [0.1, 0.15) is 28.6 Å². The number of carbonyl (C=O) groups excluding carboxylic acids is 1. The summed E-state index contributed by atoms with van der Waals surface area (Å²) in [5.41, 5.74) is 1.73. The van der Waals surface area contributed by atoms with Crippen molar-refractivity contribution in [2.75, 3.05) is 31.7 Å². The van der Waals surface area contributed by atoms with Crippen LogP contribution in [0.5, 0.6) is 0 Å². The molecule has 1 amide bonds. The van der Waals surface area contributed by atoms with Crippen LogP contribution in [0.15, 0.2) is 59.9 Å². The monoisotopic (exact) mass is 552 g/mol. The summed E-state index contributed by atoms with van der Waals surface area (Å²) in [5.74, 6) is 0.897. The Morgan fingerprint density at radius 3 is 2.79 bits per heavy atom. The smallest absolute Gasteiger partial charge is 0.284 e. The molecule has 1 atom stereocenters. The van der Waals surface area contributed by atoms with Crippen molar-refractivity contribution < 1.29 is 9.53 Å². The summed E-state index contributed by atoms with van der Waals surface area (Å²) in [6.45, 7) is 1.45. The number of H-pyrrole nitrogens is 1. The Hall–Kier alpha value is -3.87. The molecule has 5 aromatic rings. The van der Waals surface area contributed by atoms with E-state index < -0.39 is 0 Å². The molecule has 1 saturated heterocycles. The Balaban J connectivity index is 0.00000294. The highest BCUT2D eigenvalue weighted by Crippen LogP contribution is 2.40. The molecular weight excluding hydrogens is 528 g/mol. The average molecular weight is 553 g/mol. The van der Waals surface area contributed by atoms with E-state index in [1.165, 1.54) is 10.8 Å². The normalized spacial score (nSPS) is 14.9. The molecule has 0 unspecified atom stereocenters. The fourth-order valence-electron chi connectivity index (χ4n) is 4.70. The number of halogens is 1. The van der Waals surface area contributed by atoms with E-state index in [9.17, 15) is 9.59 Å². The van der Waals surface area contributed by atoms with Gasteiger partial charge < -0.3 is 19.9 Å². The van der Waals surface area contributed by atoms with Gasteiger partial charge in [0.25, 0.3) is 11.5 Å². The van der Waals surface area contributed by atoms with Crippen molar-refractivity contribution in [2.45, 2.75) is 12.5 Å². The van der Waals surface area contributed by atoms with Gasteiger partial charge in [0.1, 0.15) is 23.3 Å². The molecule has 38 heavy (non-hydrogen) atoms. The van der Waals surface area contributed by atoms with E-state index in [1.54, 1.807) is 30.1 Å². The lowest BCUT2D eigenvalue weighted by Gasteiger charge is -2.42. The van der Waals surface area contributed by atoms with Gasteiger partial charge in [-0.25, -0.2) is 14.5 Å². The molecule has 2 N–H and O–H groups in total. The third-order valence-corrected chi connectivity index (χ3v) is 6.86. The number of hydrogen-bond donors (Lipinski definition) is 2. The molecule has 6 rings (SSSR count). The topological polar surface area (TPSA) is 122 Å². The predicted octanol–water partition coefficient (Wildman–Crippen LogP) is 2.85. The molecule has 0 aliphatic carbocycles. The Kier molecular flexibility index (Phi) is 7.11. The second kappa shape index (κ2) is 10.5. The zero-order valence-corrected chi connectivity index (χ0v) is 22.1. The van der Waals surface area contributed by atoms with Crippen LogP contribution in [-0.2, 0) is 4.74 Å². The summed E-state index contributed by atoms with van der Waals surface area (Å²) in [7, 11) is 1.58. The molecule has 11 nitrogen and oxygen atoms in total. The van der Waals surface area contributed by atoms with Crippen LogP contribution >= 0.6 is 25.1 Å². The number of para-hydroxylation sites is 1. The Labute approximate surface area is 228 Å². The lowest BCUT2D eigenvalue weighted by Crippen LogP contribution is -2.45. The van der Waals surface area contributed by atoms with Gasteiger partial charge in [-0.3, -0.25) is 14.2 Å². The molecule has 13 heteroatoms. The van der Waals surface area contributed by atoms with E-state index in [4.69, 9.17) is 21.4 Å². The van der Waals surface area contributed by atoms with Gasteiger partial charge in [0.2, 0.25) is 0 Å². The summed E-state index contributed by atoms with van der Waals surface area (Å²) in [6.07, 6.45) is 5.51. The minimum atomic E-state index is -0.268. The maximum absolute atomic E-state index is 13.7. The van der Waals surface area contributed by atoms with Gasteiger partial charge in [0.05, 0.1) is 34.3 Å². The average Bonchev–Trinajstić information content (AvgIpc) is 3.49. The molecule has 1 aromatic carbocycles. The molecule has 0 bridgehead atoms. The highest BCUT2D eigenvalue weighted by atomic mass is 35.5. The van der Waals surface area contributed by atoms with E-state index in [0.717, 1.165) is 6.42 Å². The van der Waals surface area contributed by atoms with Gasteiger partial charge in [-0.1, -0.05) is 29.8 Å². The number of fused-ring (bicyclic) bond motifs is 2. The number of aromatic nitrogens is 6. The molecule has 1 aliphatic rings. The summed E-state index contributed by atoms with van der Waals surface area (Å²) in [6, 6.07) is 10.7. The maximum Gasteiger partial charge on any atom is 0.284 e. The van der Waals surface area contributed by atoms with Crippen LogP contribution < -0.4 is 15.8 Å². The Morgan fingerprint density at radius 1 is 1.24 bits per heavy atom. The van der Waals surface area contributed by atoms with Gasteiger partial charge in [-0.2, -0.15) is 18.6 Å². The third kappa shape index (κ3) is 4.20. The van der Waals surface area contributed by atoms with Gasteiger partial charge in [-0.05, 0) is 24.6 Å². The van der Waals surface area contributed by atoms with Gasteiger partial charge in [-0.15, -0.1) is 0 Å². The molecular formula is C25H25ClN8O3S. The van der Waals surface area contributed by atoms with E-state index in [0.29, 0.717) is 64.2 Å². The number of nitrogens with one attached hydrogen (secondary N) is 2. The van der Waals surface area contributed by atoms with Crippen molar-refractivity contribution >= 4 is 53.4 Å². The summed E-state index contributed by atoms with van der Waals surface area (Å²) in [5, 5.41) is 8.62. The number of benzene rings is 1. The lowest BCUT2D eigenvalue weighted by molar-refractivity contribution is 0.0938. The van der Waals surface area contributed by atoms with E-state index >= 15 is 0 Å². The number of nitrogens with zero attached hydrogens (tertiary/aromatic N) is 6. The van der Waals surface area contributed by atoms with Crippen LogP contribution in [0.2, 0.25) is 5.02 Å². The lowest BCUT2D eigenvalue weighted by atomic mass is 10.0. The minimum Gasteiger partial charge on any atom is -0.383 e. The second-order valence-corrected chi connectivity index (χ2v) is 9.07. The number of carbonyl (C=O) groups is 1. The predicted molar refractivity (Wildman–Crippen MR) is 149 cm³/mol. The van der Waals surface area contributed by atoms with Crippen LogP contribution in [0, 0.1) is 0 Å². The van der Waals surface area contributed by atoms with Gasteiger partial charge in [0, 0.05) is 32.6 Å². The minimum absolute atomic E-state index is 0. The molecule has 5 heterocycles. The number of methoxy groups -OCH3 is 1. The van der Waals surface area contributed by atoms with E-state index in [-0.39, 0.29) is 31.0 Å². The van der Waals surface area contributed by atoms with Gasteiger partial charge in [0.15, 0.2) is 5.82 Å². The van der Waals surface area contributed by atoms with Crippen molar-refractivity contribution in [3.05, 3.63) is 81.9 Å². The van der Waals surface area contributed by atoms with Crippen molar-refractivity contribution in [3.8, 4) is 5.69 Å². The first kappa shape index (κ1) is 25.8. The van der Waals surface area contributed by atoms with Crippen LogP contribution in [-0.4, -0.2) is 61.8 Å². The van der Waals surface area contributed by atoms with Gasteiger partial charge >= 0.3 is 0 Å². The Bertz CT molecular complexity index is 1680. The number of aromatic amines is 1. The number of hydrogen-bond acceptors (Lipinski definition) is 7. The Morgan fingerprint density at radius 2 is 2.05 bits per heavy atom. The molecule has 1 fully saturated rings. The van der Waals surface area contributed by atoms with Crippen LogP contribution in [0.3, 0.4) is 0 Å². The highest BCUT2D eigenvalue weighted by molar-refractivity contribution is 7.59. The standard InChI is InChI=1S/C25H23ClN8O3.H2S/c1-37-12-9-27-24(35)16-13-28-21-19(16)23(30-14-29-21)32-10-8-18(32)22-31-33-11-7-17(26)20(33)25(36)34(22)15-5-3-2-4-6-15;/h2-7,11,13-14,18H,8-10,12H2,1H3,(H,27,35)(H,28,29,30);1H2/t18-;/m0./s1. The molecule has 0 saturated carbocycles. The zero-order chi connectivity index (χ0) is 25.5. The number of rotatable bonds is 7. The summed E-state index contributed by atoms with van der Waals surface area (Å²) < 4.78 is 8.16. The van der Waals surface area contributed by atoms with Crippen molar-refractivity contribution in [2.24, 2.45) is 0 Å². The first-order valence-electron chi connectivity index (χ1n) is 11.8. The molecule has 196 valence electrons. The van der Waals surface area contributed by atoms with Crippen molar-refractivity contribution in [1.29, 1.82) is 0 Å². The van der Waals surface area contributed by atoms with Crippen molar-refractivity contribution in [1.82, 2.24) is 34.4 Å². The highest BCUT2D eigenvalue weighted by Gasteiger charge is 2.37. The fourth-order valence-corrected chi connectivity index (χ4v) is 4.93. The number of anilines is 1. The summed E-state index contributed by atoms with van der Waals surface area (Å²) >= 11 is 6.34. The fraction of sp³-hybridized carbons (Fsp3) is 0.240. The summed E-state index contributed by atoms with van der Waals surface area (Å²) in [4.78, 5) is 40.6. The third-order valence-electron chi connectivity index (χ3n) is 6.55. The second-order valence-electron chi connectivity index (χ2n) is 8.66. The molecule has 1 aliphatic heterocycles. The number of ether oxygens (including phenoxy) is 1. The van der Waals surface area contributed by atoms with E-state index in [1.807, 2.05) is 35.2 Å². The van der Waals surface area contributed by atoms with E-state index in [2.05, 4.69) is 20.3 Å². The maximum atomic E-state index is 13.7. The molecule has 4 aromatic heterocycles. The quantitative estimate of drug-likeness (QED) is 0.298. The SMILES string of the molecule is COCCNC(=O)c1c[nH]c2ncnc(N3CC[C@H]3c3nn4ccc(Cl)c4c(=O)n3-c3ccccc3)c12.S. The molecule has 0 radical (unpaired) electrons. The zero-order valence-electron chi connectivity index (χ0n) is 20.4.